The van der Waals surface area contributed by atoms with Crippen LogP contribution in [0.1, 0.15) is 34.4 Å². The quantitative estimate of drug-likeness (QED) is 0.429. The molecule has 0 amide bonds. The lowest BCUT2D eigenvalue weighted by Crippen LogP contribution is -2.03. The molecule has 7 heteroatoms. The van der Waals surface area contributed by atoms with Crippen molar-refractivity contribution in [1.82, 2.24) is 0 Å². The standard InChI is InChI=1S/C24H23F3O4/c1-15-10-17(13-23(28)29)12-21(11-15)30-9-3-4-19-14-22(31-16(19)2)18-5-7-20(8-6-18)24(25,26)27/h5-8,10-12,14H,3-4,9,13H2,1-2H3,(H,28,29). The summed E-state index contributed by atoms with van der Waals surface area (Å²) in [6, 6.07) is 12.1. The molecule has 2 aromatic carbocycles. The molecular weight excluding hydrogens is 409 g/mol. The molecule has 3 rings (SSSR count). The molecule has 0 spiro atoms. The molecule has 1 aromatic heterocycles. The zero-order valence-electron chi connectivity index (χ0n) is 17.3. The highest BCUT2D eigenvalue weighted by Gasteiger charge is 2.30. The molecule has 0 aliphatic carbocycles. The minimum absolute atomic E-state index is 0.0566. The zero-order chi connectivity index (χ0) is 22.6. The summed E-state index contributed by atoms with van der Waals surface area (Å²) in [5.41, 5.74) is 2.48. The lowest BCUT2D eigenvalue weighted by Gasteiger charge is -2.09. The van der Waals surface area contributed by atoms with Crippen molar-refractivity contribution in [2.24, 2.45) is 0 Å². The van der Waals surface area contributed by atoms with Crippen LogP contribution in [0.5, 0.6) is 5.75 Å². The molecular formula is C24H23F3O4. The van der Waals surface area contributed by atoms with E-state index < -0.39 is 17.7 Å². The molecule has 0 saturated heterocycles. The molecule has 0 radical (unpaired) electrons. The number of carbonyl (C=O) groups is 1. The second-order valence-electron chi connectivity index (χ2n) is 7.44. The van der Waals surface area contributed by atoms with Crippen LogP contribution in [-0.2, 0) is 23.8 Å². The summed E-state index contributed by atoms with van der Waals surface area (Å²) >= 11 is 0. The van der Waals surface area contributed by atoms with Gasteiger partial charge in [-0.15, -0.1) is 0 Å². The molecule has 0 saturated carbocycles. The molecule has 1 heterocycles. The Kier molecular flexibility index (Phi) is 6.73. The van der Waals surface area contributed by atoms with E-state index in [1.54, 1.807) is 6.07 Å². The van der Waals surface area contributed by atoms with E-state index in [-0.39, 0.29) is 6.42 Å². The van der Waals surface area contributed by atoms with Crippen molar-refractivity contribution in [3.8, 4) is 17.1 Å². The minimum Gasteiger partial charge on any atom is -0.494 e. The highest BCUT2D eigenvalue weighted by molar-refractivity contribution is 5.70. The molecule has 4 nitrogen and oxygen atoms in total. The SMILES string of the molecule is Cc1cc(CC(=O)O)cc(OCCCc2cc(-c3ccc(C(F)(F)F)cc3)oc2C)c1. The van der Waals surface area contributed by atoms with Gasteiger partial charge < -0.3 is 14.3 Å². The number of benzene rings is 2. The summed E-state index contributed by atoms with van der Waals surface area (Å²) < 4.78 is 49.7. The van der Waals surface area contributed by atoms with Gasteiger partial charge in [-0.25, -0.2) is 0 Å². The number of rotatable bonds is 8. The van der Waals surface area contributed by atoms with Crippen LogP contribution < -0.4 is 4.74 Å². The maximum absolute atomic E-state index is 12.7. The largest absolute Gasteiger partial charge is 0.494 e. The Labute approximate surface area is 178 Å². The van der Waals surface area contributed by atoms with Gasteiger partial charge in [0.2, 0.25) is 0 Å². The molecule has 0 unspecified atom stereocenters. The zero-order valence-corrected chi connectivity index (χ0v) is 17.3. The first-order valence-corrected chi connectivity index (χ1v) is 9.84. The topological polar surface area (TPSA) is 59.7 Å². The van der Waals surface area contributed by atoms with Gasteiger partial charge >= 0.3 is 12.1 Å². The van der Waals surface area contributed by atoms with Crippen molar-refractivity contribution in [3.05, 3.63) is 76.5 Å². The highest BCUT2D eigenvalue weighted by atomic mass is 19.4. The number of alkyl halides is 3. The molecule has 3 aromatic rings. The van der Waals surface area contributed by atoms with Crippen LogP contribution in [0.2, 0.25) is 0 Å². The highest BCUT2D eigenvalue weighted by Crippen LogP contribution is 2.32. The third-order valence-corrected chi connectivity index (χ3v) is 4.84. The number of carboxylic acid groups (broad SMARTS) is 1. The fourth-order valence-electron chi connectivity index (χ4n) is 3.37. The fourth-order valence-corrected chi connectivity index (χ4v) is 3.37. The van der Waals surface area contributed by atoms with Gasteiger partial charge in [0.05, 0.1) is 18.6 Å². The van der Waals surface area contributed by atoms with Crippen LogP contribution >= 0.6 is 0 Å². The van der Waals surface area contributed by atoms with Crippen LogP contribution in [0.4, 0.5) is 13.2 Å². The first kappa shape index (κ1) is 22.5. The molecule has 1 N–H and O–H groups in total. The van der Waals surface area contributed by atoms with Crippen molar-refractivity contribution in [2.75, 3.05) is 6.61 Å². The maximum atomic E-state index is 12.7. The third-order valence-electron chi connectivity index (χ3n) is 4.84. The average molecular weight is 432 g/mol. The second-order valence-corrected chi connectivity index (χ2v) is 7.44. The Hall–Kier alpha value is -3.22. The van der Waals surface area contributed by atoms with Crippen LogP contribution in [0.25, 0.3) is 11.3 Å². The van der Waals surface area contributed by atoms with Crippen molar-refractivity contribution < 1.29 is 32.2 Å². The Morgan fingerprint density at radius 3 is 2.42 bits per heavy atom. The molecule has 0 fully saturated rings. The van der Waals surface area contributed by atoms with Gasteiger partial charge in [-0.2, -0.15) is 13.2 Å². The lowest BCUT2D eigenvalue weighted by atomic mass is 10.1. The van der Waals surface area contributed by atoms with Crippen molar-refractivity contribution in [2.45, 2.75) is 39.3 Å². The summed E-state index contributed by atoms with van der Waals surface area (Å²) in [5.74, 6) is 0.981. The Morgan fingerprint density at radius 2 is 1.77 bits per heavy atom. The first-order valence-electron chi connectivity index (χ1n) is 9.84. The third kappa shape index (κ3) is 6.13. The molecule has 164 valence electrons. The smallest absolute Gasteiger partial charge is 0.416 e. The molecule has 0 aliphatic heterocycles. The van der Waals surface area contributed by atoms with Gasteiger partial charge in [-0.05, 0) is 73.7 Å². The van der Waals surface area contributed by atoms with Crippen LogP contribution in [0.15, 0.2) is 52.9 Å². The van der Waals surface area contributed by atoms with Crippen molar-refractivity contribution in [3.63, 3.8) is 0 Å². The van der Waals surface area contributed by atoms with Crippen LogP contribution in [0, 0.1) is 13.8 Å². The van der Waals surface area contributed by atoms with Gasteiger partial charge in [-0.1, -0.05) is 18.2 Å². The number of hydrogen-bond acceptors (Lipinski definition) is 3. The van der Waals surface area contributed by atoms with Gasteiger partial charge in [0.25, 0.3) is 0 Å². The number of halogens is 3. The number of aliphatic carboxylic acids is 1. The van der Waals surface area contributed by atoms with E-state index in [0.717, 1.165) is 23.3 Å². The van der Waals surface area contributed by atoms with Crippen molar-refractivity contribution >= 4 is 5.97 Å². The van der Waals surface area contributed by atoms with E-state index in [0.29, 0.717) is 47.8 Å². The van der Waals surface area contributed by atoms with E-state index in [9.17, 15) is 18.0 Å². The van der Waals surface area contributed by atoms with Gasteiger partial charge in [0.1, 0.15) is 17.3 Å². The molecule has 0 atom stereocenters. The number of furan rings is 1. The van der Waals surface area contributed by atoms with E-state index >= 15 is 0 Å². The number of hydrogen-bond donors (Lipinski definition) is 1. The maximum Gasteiger partial charge on any atom is 0.416 e. The summed E-state index contributed by atoms with van der Waals surface area (Å²) in [4.78, 5) is 10.9. The predicted octanol–water partition coefficient (Wildman–Crippen LogP) is 6.22. The summed E-state index contributed by atoms with van der Waals surface area (Å²) in [6.45, 7) is 4.15. The van der Waals surface area contributed by atoms with Gasteiger partial charge in [0.15, 0.2) is 0 Å². The monoisotopic (exact) mass is 432 g/mol. The lowest BCUT2D eigenvalue weighted by molar-refractivity contribution is -0.138. The Bertz CT molecular complexity index is 1050. The van der Waals surface area contributed by atoms with Gasteiger partial charge in [-0.3, -0.25) is 4.79 Å². The Morgan fingerprint density at radius 1 is 1.06 bits per heavy atom. The summed E-state index contributed by atoms with van der Waals surface area (Å²) in [6.07, 6.45) is -3.04. The summed E-state index contributed by atoms with van der Waals surface area (Å²) in [7, 11) is 0. The van der Waals surface area contributed by atoms with Crippen molar-refractivity contribution in [1.29, 1.82) is 0 Å². The number of aryl methyl sites for hydroxylation is 3. The first-order chi connectivity index (χ1) is 14.6. The minimum atomic E-state index is -4.37. The molecule has 0 bridgehead atoms. The van der Waals surface area contributed by atoms with E-state index in [2.05, 4.69) is 0 Å². The average Bonchev–Trinajstić information content (AvgIpc) is 3.04. The fraction of sp³-hybridized carbons (Fsp3) is 0.292. The van der Waals surface area contributed by atoms with Crippen LogP contribution in [-0.4, -0.2) is 17.7 Å². The van der Waals surface area contributed by atoms with Gasteiger partial charge in [0, 0.05) is 5.56 Å². The second kappa shape index (κ2) is 9.29. The number of ether oxygens (including phenoxy) is 1. The summed E-state index contributed by atoms with van der Waals surface area (Å²) in [5, 5.41) is 8.95. The predicted molar refractivity (Wildman–Crippen MR) is 110 cm³/mol. The Balaban J connectivity index is 1.58. The normalized spacial score (nSPS) is 11.5. The van der Waals surface area contributed by atoms with Crippen LogP contribution in [0.3, 0.4) is 0 Å². The van der Waals surface area contributed by atoms with E-state index in [4.69, 9.17) is 14.3 Å². The molecule has 31 heavy (non-hydrogen) atoms. The van der Waals surface area contributed by atoms with E-state index in [1.165, 1.54) is 12.1 Å². The molecule has 0 aliphatic rings. The van der Waals surface area contributed by atoms with E-state index in [1.807, 2.05) is 32.0 Å². The number of carboxylic acids is 1.